The second kappa shape index (κ2) is 7.45. The molecule has 1 N–H and O–H groups in total. The Labute approximate surface area is 138 Å². The van der Waals surface area contributed by atoms with Crippen LogP contribution in [-0.4, -0.2) is 32.7 Å². The maximum atomic E-state index is 13.5. The summed E-state index contributed by atoms with van der Waals surface area (Å²) in [6.07, 6.45) is 0.429. The zero-order valence-electron chi connectivity index (χ0n) is 12.9. The molecule has 0 saturated heterocycles. The van der Waals surface area contributed by atoms with Crippen molar-refractivity contribution in [3.63, 3.8) is 0 Å². The number of carbonyl (C=O) groups excluding carboxylic acids is 1. The first kappa shape index (κ1) is 15.8. The molecule has 6 nitrogen and oxygen atoms in total. The summed E-state index contributed by atoms with van der Waals surface area (Å²) in [5, 5.41) is 14.7. The van der Waals surface area contributed by atoms with Gasteiger partial charge in [0.25, 0.3) is 0 Å². The minimum Gasteiger partial charge on any atom is -0.354 e. The fourth-order valence-corrected chi connectivity index (χ4v) is 2.24. The molecule has 0 bridgehead atoms. The highest BCUT2D eigenvalue weighted by Gasteiger charge is 2.09. The Morgan fingerprint density at radius 3 is 2.62 bits per heavy atom. The van der Waals surface area contributed by atoms with Gasteiger partial charge in [-0.15, -0.1) is 10.2 Å². The van der Waals surface area contributed by atoms with Gasteiger partial charge in [-0.3, -0.25) is 4.79 Å². The van der Waals surface area contributed by atoms with Crippen molar-refractivity contribution in [1.82, 2.24) is 25.5 Å². The number of aromatic nitrogens is 4. The van der Waals surface area contributed by atoms with Crippen LogP contribution in [0.1, 0.15) is 5.56 Å². The number of hydrogen-bond acceptors (Lipinski definition) is 4. The molecular formula is C17H16FN5O. The topological polar surface area (TPSA) is 72.7 Å². The van der Waals surface area contributed by atoms with Gasteiger partial charge in [-0.05, 0) is 23.3 Å². The van der Waals surface area contributed by atoms with Crippen LogP contribution in [-0.2, 0) is 17.8 Å². The maximum absolute atomic E-state index is 13.5. The van der Waals surface area contributed by atoms with Gasteiger partial charge in [0, 0.05) is 12.1 Å². The summed E-state index contributed by atoms with van der Waals surface area (Å²) < 4.78 is 13.5. The van der Waals surface area contributed by atoms with Crippen molar-refractivity contribution in [3.8, 4) is 11.4 Å². The summed E-state index contributed by atoms with van der Waals surface area (Å²) in [4.78, 5) is 13.1. The number of tetrazole rings is 1. The molecule has 0 aliphatic carbocycles. The minimum absolute atomic E-state index is 0.0306. The molecule has 0 atom stereocenters. The van der Waals surface area contributed by atoms with Crippen LogP contribution in [0.2, 0.25) is 0 Å². The Bertz CT molecular complexity index is 819. The molecule has 122 valence electrons. The number of nitrogens with zero attached hydrogens (tertiary/aromatic N) is 4. The predicted molar refractivity (Wildman–Crippen MR) is 86.4 cm³/mol. The number of carbonyl (C=O) groups is 1. The van der Waals surface area contributed by atoms with E-state index in [4.69, 9.17) is 0 Å². The zero-order chi connectivity index (χ0) is 16.8. The smallest absolute Gasteiger partial charge is 0.243 e. The molecule has 3 aromatic rings. The lowest BCUT2D eigenvalue weighted by molar-refractivity contribution is -0.122. The molecule has 0 fully saturated rings. The van der Waals surface area contributed by atoms with Crippen molar-refractivity contribution in [2.75, 3.05) is 6.54 Å². The van der Waals surface area contributed by atoms with Crippen molar-refractivity contribution < 1.29 is 9.18 Å². The SMILES string of the molecule is O=C(Cn1nnc(-c2ccccc2)n1)NCCc1ccccc1F. The van der Waals surface area contributed by atoms with Crippen LogP contribution in [0.25, 0.3) is 11.4 Å². The van der Waals surface area contributed by atoms with E-state index in [2.05, 4.69) is 20.7 Å². The van der Waals surface area contributed by atoms with Crippen LogP contribution in [0.15, 0.2) is 54.6 Å². The molecule has 0 unspecified atom stereocenters. The molecule has 0 aliphatic rings. The third kappa shape index (κ3) is 4.01. The van der Waals surface area contributed by atoms with E-state index in [-0.39, 0.29) is 18.3 Å². The van der Waals surface area contributed by atoms with Crippen LogP contribution < -0.4 is 5.32 Å². The summed E-state index contributed by atoms with van der Waals surface area (Å²) >= 11 is 0. The van der Waals surface area contributed by atoms with Crippen molar-refractivity contribution in [1.29, 1.82) is 0 Å². The van der Waals surface area contributed by atoms with E-state index in [1.807, 2.05) is 30.3 Å². The van der Waals surface area contributed by atoms with E-state index in [9.17, 15) is 9.18 Å². The molecular weight excluding hydrogens is 309 g/mol. The Morgan fingerprint density at radius 2 is 1.83 bits per heavy atom. The average molecular weight is 325 g/mol. The van der Waals surface area contributed by atoms with Gasteiger partial charge in [0.15, 0.2) is 0 Å². The second-order valence-electron chi connectivity index (χ2n) is 5.20. The van der Waals surface area contributed by atoms with Gasteiger partial charge in [-0.1, -0.05) is 48.5 Å². The van der Waals surface area contributed by atoms with E-state index in [1.54, 1.807) is 18.2 Å². The fourth-order valence-electron chi connectivity index (χ4n) is 2.24. The van der Waals surface area contributed by atoms with E-state index < -0.39 is 0 Å². The standard InChI is InChI=1S/C17H16FN5O/c18-15-9-5-4-6-13(15)10-11-19-16(24)12-23-21-17(20-22-23)14-7-2-1-3-8-14/h1-9H,10-12H2,(H,19,24). The average Bonchev–Trinajstić information content (AvgIpc) is 3.06. The van der Waals surface area contributed by atoms with Crippen molar-refractivity contribution >= 4 is 5.91 Å². The van der Waals surface area contributed by atoms with Gasteiger partial charge in [0.2, 0.25) is 11.7 Å². The van der Waals surface area contributed by atoms with Crippen LogP contribution in [0.3, 0.4) is 0 Å². The van der Waals surface area contributed by atoms with Gasteiger partial charge in [0.05, 0.1) is 0 Å². The first-order valence-corrected chi connectivity index (χ1v) is 7.56. The maximum Gasteiger partial charge on any atom is 0.243 e. The lowest BCUT2D eigenvalue weighted by Crippen LogP contribution is -2.30. The molecule has 1 heterocycles. The van der Waals surface area contributed by atoms with Crippen LogP contribution in [0.4, 0.5) is 4.39 Å². The van der Waals surface area contributed by atoms with Crippen LogP contribution in [0, 0.1) is 5.82 Å². The number of hydrogen-bond donors (Lipinski definition) is 1. The Kier molecular flexibility index (Phi) is 4.90. The molecule has 2 aromatic carbocycles. The fraction of sp³-hybridized carbons (Fsp3) is 0.176. The van der Waals surface area contributed by atoms with Gasteiger partial charge >= 0.3 is 0 Å². The minimum atomic E-state index is -0.266. The highest BCUT2D eigenvalue weighted by atomic mass is 19.1. The molecule has 0 spiro atoms. The third-order valence-corrected chi connectivity index (χ3v) is 3.44. The van der Waals surface area contributed by atoms with Gasteiger partial charge in [0.1, 0.15) is 12.4 Å². The third-order valence-electron chi connectivity index (χ3n) is 3.44. The predicted octanol–water partition coefficient (Wildman–Crippen LogP) is 1.84. The number of rotatable bonds is 6. The first-order chi connectivity index (χ1) is 11.7. The highest BCUT2D eigenvalue weighted by molar-refractivity contribution is 5.75. The normalized spacial score (nSPS) is 10.5. The molecule has 24 heavy (non-hydrogen) atoms. The number of amides is 1. The van der Waals surface area contributed by atoms with Gasteiger partial charge < -0.3 is 5.32 Å². The summed E-state index contributed by atoms with van der Waals surface area (Å²) in [7, 11) is 0. The number of benzene rings is 2. The summed E-state index contributed by atoms with van der Waals surface area (Å²) in [6, 6.07) is 15.9. The van der Waals surface area contributed by atoms with Crippen molar-refractivity contribution in [2.24, 2.45) is 0 Å². The summed E-state index contributed by atoms with van der Waals surface area (Å²) in [5.74, 6) is -0.0460. The van der Waals surface area contributed by atoms with Crippen molar-refractivity contribution in [2.45, 2.75) is 13.0 Å². The number of nitrogens with one attached hydrogen (secondary N) is 1. The Balaban J connectivity index is 1.51. The molecule has 0 saturated carbocycles. The molecule has 0 radical (unpaired) electrons. The highest BCUT2D eigenvalue weighted by Crippen LogP contribution is 2.11. The molecule has 7 heteroatoms. The number of halogens is 1. The molecule has 0 aliphatic heterocycles. The van der Waals surface area contributed by atoms with E-state index in [1.165, 1.54) is 10.9 Å². The largest absolute Gasteiger partial charge is 0.354 e. The van der Waals surface area contributed by atoms with E-state index in [0.29, 0.717) is 24.4 Å². The van der Waals surface area contributed by atoms with Crippen molar-refractivity contribution in [3.05, 3.63) is 66.0 Å². The second-order valence-corrected chi connectivity index (χ2v) is 5.20. The summed E-state index contributed by atoms with van der Waals surface area (Å²) in [6.45, 7) is 0.317. The Hall–Kier alpha value is -3.09. The quantitative estimate of drug-likeness (QED) is 0.750. The lowest BCUT2D eigenvalue weighted by Gasteiger charge is -2.05. The summed E-state index contributed by atoms with van der Waals surface area (Å²) in [5.41, 5.74) is 1.41. The van der Waals surface area contributed by atoms with Crippen LogP contribution >= 0.6 is 0 Å². The first-order valence-electron chi connectivity index (χ1n) is 7.56. The molecule has 1 aromatic heterocycles. The van der Waals surface area contributed by atoms with E-state index >= 15 is 0 Å². The zero-order valence-corrected chi connectivity index (χ0v) is 12.9. The molecule has 1 amide bonds. The van der Waals surface area contributed by atoms with Gasteiger partial charge in [-0.2, -0.15) is 4.80 Å². The van der Waals surface area contributed by atoms with Crippen LogP contribution in [0.5, 0.6) is 0 Å². The van der Waals surface area contributed by atoms with E-state index in [0.717, 1.165) is 5.56 Å². The lowest BCUT2D eigenvalue weighted by atomic mass is 10.1. The van der Waals surface area contributed by atoms with Gasteiger partial charge in [-0.25, -0.2) is 4.39 Å². The molecule has 3 rings (SSSR count). The monoisotopic (exact) mass is 325 g/mol. The Morgan fingerprint density at radius 1 is 1.08 bits per heavy atom.